The van der Waals surface area contributed by atoms with Gasteiger partial charge in [-0.2, -0.15) is 0 Å². The van der Waals surface area contributed by atoms with E-state index in [2.05, 4.69) is 10.3 Å². The third kappa shape index (κ3) is 3.19. The van der Waals surface area contributed by atoms with Gasteiger partial charge in [0.1, 0.15) is 0 Å². The number of anilines is 1. The van der Waals surface area contributed by atoms with E-state index in [4.69, 9.17) is 10.5 Å². The van der Waals surface area contributed by atoms with E-state index in [9.17, 15) is 9.59 Å². The van der Waals surface area contributed by atoms with Crippen molar-refractivity contribution in [3.63, 3.8) is 0 Å². The van der Waals surface area contributed by atoms with Crippen LogP contribution in [0.15, 0.2) is 12.3 Å². The quantitative estimate of drug-likeness (QED) is 0.753. The Labute approximate surface area is 105 Å². The van der Waals surface area contributed by atoms with E-state index in [1.807, 2.05) is 0 Å². The van der Waals surface area contributed by atoms with Crippen molar-refractivity contribution in [3.05, 3.63) is 23.5 Å². The van der Waals surface area contributed by atoms with Gasteiger partial charge in [-0.15, -0.1) is 0 Å². The van der Waals surface area contributed by atoms with Crippen LogP contribution in [0.5, 0.6) is 0 Å². The molecule has 3 N–H and O–H groups in total. The second kappa shape index (κ2) is 5.03. The van der Waals surface area contributed by atoms with Gasteiger partial charge in [0, 0.05) is 6.04 Å². The van der Waals surface area contributed by atoms with Crippen molar-refractivity contribution < 1.29 is 14.3 Å². The number of hydrogen-bond acceptors (Lipinski definition) is 5. The third-order valence-electron chi connectivity index (χ3n) is 2.60. The average Bonchev–Trinajstić information content (AvgIpc) is 3.13. The zero-order valence-corrected chi connectivity index (χ0v) is 10.1. The Balaban J connectivity index is 1.90. The minimum absolute atomic E-state index is 0.256. The lowest BCUT2D eigenvalue weighted by Gasteiger charge is -2.07. The number of nitrogen functional groups attached to an aromatic ring is 1. The van der Waals surface area contributed by atoms with Crippen molar-refractivity contribution in [1.82, 2.24) is 10.3 Å². The predicted octanol–water partition coefficient (Wildman–Crippen LogP) is 0.408. The second-order valence-corrected chi connectivity index (χ2v) is 4.32. The molecule has 0 aliphatic heterocycles. The van der Waals surface area contributed by atoms with Gasteiger partial charge in [-0.25, -0.2) is 4.79 Å². The first-order valence-electron chi connectivity index (χ1n) is 5.75. The standard InChI is InChI=1S/C12H15N3O3/c1-7-10(4-8(13)5-14-7)12(17)18-6-11(16)15-9-2-3-9/h4-5,9H,2-3,6,13H2,1H3,(H,15,16). The van der Waals surface area contributed by atoms with Gasteiger partial charge in [-0.05, 0) is 25.8 Å². The van der Waals surface area contributed by atoms with Crippen molar-refractivity contribution in [2.75, 3.05) is 12.3 Å². The van der Waals surface area contributed by atoms with E-state index in [0.29, 0.717) is 11.4 Å². The molecule has 6 nitrogen and oxygen atoms in total. The first-order chi connectivity index (χ1) is 8.56. The number of hydrogen-bond donors (Lipinski definition) is 2. The molecule has 96 valence electrons. The highest BCUT2D eigenvalue weighted by Crippen LogP contribution is 2.18. The van der Waals surface area contributed by atoms with Crippen LogP contribution in [-0.2, 0) is 9.53 Å². The van der Waals surface area contributed by atoms with Crippen LogP contribution in [0, 0.1) is 6.92 Å². The Morgan fingerprint density at radius 1 is 1.56 bits per heavy atom. The summed E-state index contributed by atoms with van der Waals surface area (Å²) in [6, 6.07) is 1.75. The van der Waals surface area contributed by atoms with Gasteiger partial charge in [0.25, 0.3) is 5.91 Å². The maximum Gasteiger partial charge on any atom is 0.340 e. The molecule has 1 aromatic heterocycles. The molecule has 0 saturated heterocycles. The summed E-state index contributed by atoms with van der Waals surface area (Å²) in [6.07, 6.45) is 3.46. The molecule has 0 bridgehead atoms. The maximum atomic E-state index is 11.7. The van der Waals surface area contributed by atoms with Gasteiger partial charge in [-0.1, -0.05) is 0 Å². The minimum atomic E-state index is -0.585. The molecule has 1 fully saturated rings. The zero-order valence-electron chi connectivity index (χ0n) is 10.1. The van der Waals surface area contributed by atoms with Gasteiger partial charge < -0.3 is 15.8 Å². The van der Waals surface area contributed by atoms with Crippen LogP contribution in [0.3, 0.4) is 0 Å². The number of carbonyl (C=O) groups excluding carboxylic acids is 2. The van der Waals surface area contributed by atoms with Crippen molar-refractivity contribution in [2.24, 2.45) is 0 Å². The summed E-state index contributed by atoms with van der Waals surface area (Å²) in [5.74, 6) is -0.862. The highest BCUT2D eigenvalue weighted by atomic mass is 16.5. The van der Waals surface area contributed by atoms with Gasteiger partial charge in [0.05, 0.1) is 23.1 Å². The zero-order chi connectivity index (χ0) is 13.1. The number of aromatic nitrogens is 1. The van der Waals surface area contributed by atoms with E-state index < -0.39 is 5.97 Å². The number of aryl methyl sites for hydroxylation is 1. The van der Waals surface area contributed by atoms with Crippen LogP contribution in [-0.4, -0.2) is 29.5 Å². The largest absolute Gasteiger partial charge is 0.452 e. The summed E-state index contributed by atoms with van der Waals surface area (Å²) in [4.78, 5) is 27.0. The monoisotopic (exact) mass is 249 g/mol. The molecule has 1 amide bonds. The Morgan fingerprint density at radius 3 is 2.94 bits per heavy atom. The Bertz CT molecular complexity index is 483. The fraction of sp³-hybridized carbons (Fsp3) is 0.417. The molecular formula is C12H15N3O3. The fourth-order valence-corrected chi connectivity index (χ4v) is 1.46. The molecule has 1 saturated carbocycles. The molecule has 6 heteroatoms. The van der Waals surface area contributed by atoms with E-state index in [1.165, 1.54) is 12.3 Å². The molecule has 2 rings (SSSR count). The van der Waals surface area contributed by atoms with Gasteiger partial charge in [0.2, 0.25) is 0 Å². The SMILES string of the molecule is Cc1ncc(N)cc1C(=O)OCC(=O)NC1CC1. The molecule has 1 aromatic rings. The topological polar surface area (TPSA) is 94.3 Å². The normalized spacial score (nSPS) is 14.1. The molecule has 0 unspecified atom stereocenters. The molecule has 1 aliphatic rings. The molecule has 18 heavy (non-hydrogen) atoms. The van der Waals surface area contributed by atoms with Crippen LogP contribution in [0.2, 0.25) is 0 Å². The Hall–Kier alpha value is -2.11. The highest BCUT2D eigenvalue weighted by molar-refractivity contribution is 5.93. The molecular weight excluding hydrogens is 234 g/mol. The summed E-state index contributed by atoms with van der Waals surface area (Å²) in [5, 5.41) is 2.73. The number of amides is 1. The Kier molecular flexibility index (Phi) is 3.45. The van der Waals surface area contributed by atoms with Crippen molar-refractivity contribution in [3.8, 4) is 0 Å². The van der Waals surface area contributed by atoms with Crippen LogP contribution < -0.4 is 11.1 Å². The van der Waals surface area contributed by atoms with E-state index in [0.717, 1.165) is 12.8 Å². The second-order valence-electron chi connectivity index (χ2n) is 4.32. The fourth-order valence-electron chi connectivity index (χ4n) is 1.46. The van der Waals surface area contributed by atoms with E-state index >= 15 is 0 Å². The van der Waals surface area contributed by atoms with Crippen LogP contribution in [0.4, 0.5) is 5.69 Å². The number of carbonyl (C=O) groups is 2. The Morgan fingerprint density at radius 2 is 2.28 bits per heavy atom. The number of nitrogens with two attached hydrogens (primary N) is 1. The van der Waals surface area contributed by atoms with Crippen molar-refractivity contribution >= 4 is 17.6 Å². The number of esters is 1. The van der Waals surface area contributed by atoms with Crippen LogP contribution >= 0.6 is 0 Å². The maximum absolute atomic E-state index is 11.7. The lowest BCUT2D eigenvalue weighted by molar-refractivity contribution is -0.124. The van der Waals surface area contributed by atoms with Crippen LogP contribution in [0.1, 0.15) is 28.9 Å². The summed E-state index contributed by atoms with van der Waals surface area (Å²) in [5.41, 5.74) is 6.74. The molecule has 0 atom stereocenters. The smallest absolute Gasteiger partial charge is 0.340 e. The lowest BCUT2D eigenvalue weighted by Crippen LogP contribution is -2.30. The number of nitrogens with one attached hydrogen (secondary N) is 1. The van der Waals surface area contributed by atoms with Crippen molar-refractivity contribution in [1.29, 1.82) is 0 Å². The summed E-state index contributed by atoms with van der Waals surface area (Å²) < 4.78 is 4.91. The first kappa shape index (κ1) is 12.3. The summed E-state index contributed by atoms with van der Waals surface area (Å²) >= 11 is 0. The summed E-state index contributed by atoms with van der Waals surface area (Å²) in [6.45, 7) is 1.41. The van der Waals surface area contributed by atoms with Gasteiger partial charge >= 0.3 is 5.97 Å². The molecule has 0 radical (unpaired) electrons. The number of nitrogens with zero attached hydrogens (tertiary/aromatic N) is 1. The number of ether oxygens (including phenoxy) is 1. The van der Waals surface area contributed by atoms with Gasteiger partial charge in [0.15, 0.2) is 6.61 Å². The highest BCUT2D eigenvalue weighted by Gasteiger charge is 2.23. The molecule has 0 aromatic carbocycles. The number of pyridine rings is 1. The molecule has 0 spiro atoms. The molecule has 1 heterocycles. The van der Waals surface area contributed by atoms with Crippen molar-refractivity contribution in [2.45, 2.75) is 25.8 Å². The van der Waals surface area contributed by atoms with Gasteiger partial charge in [-0.3, -0.25) is 9.78 Å². The first-order valence-corrected chi connectivity index (χ1v) is 5.75. The minimum Gasteiger partial charge on any atom is -0.452 e. The third-order valence-corrected chi connectivity index (χ3v) is 2.60. The summed E-state index contributed by atoms with van der Waals surface area (Å²) in [7, 11) is 0. The number of rotatable bonds is 4. The lowest BCUT2D eigenvalue weighted by atomic mass is 10.2. The van der Waals surface area contributed by atoms with E-state index in [1.54, 1.807) is 6.92 Å². The molecule has 1 aliphatic carbocycles. The van der Waals surface area contributed by atoms with E-state index in [-0.39, 0.29) is 24.1 Å². The van der Waals surface area contributed by atoms with Crippen LogP contribution in [0.25, 0.3) is 0 Å². The predicted molar refractivity (Wildman–Crippen MR) is 64.8 cm³/mol. The average molecular weight is 249 g/mol.